The topological polar surface area (TPSA) is 118 Å². The lowest BCUT2D eigenvalue weighted by molar-refractivity contribution is -0.384. The molecular formula is C16H12ClN3O5. The van der Waals surface area contributed by atoms with E-state index >= 15 is 0 Å². The molecule has 0 aliphatic carbocycles. The number of halogens is 1. The number of hydrogen-bond donors (Lipinski definition) is 2. The van der Waals surface area contributed by atoms with E-state index in [2.05, 4.69) is 10.6 Å². The number of nitrogens with one attached hydrogen (secondary N) is 2. The van der Waals surface area contributed by atoms with E-state index in [4.69, 9.17) is 11.6 Å². The molecule has 2 amide bonds. The molecule has 25 heavy (non-hydrogen) atoms. The van der Waals surface area contributed by atoms with Gasteiger partial charge in [-0.05, 0) is 31.2 Å². The first kappa shape index (κ1) is 18.1. The number of hydrogen-bond acceptors (Lipinski definition) is 5. The van der Waals surface area contributed by atoms with Gasteiger partial charge >= 0.3 is 11.8 Å². The predicted molar refractivity (Wildman–Crippen MR) is 91.8 cm³/mol. The quantitative estimate of drug-likeness (QED) is 0.375. The molecule has 2 N–H and O–H groups in total. The van der Waals surface area contributed by atoms with Crippen LogP contribution in [-0.4, -0.2) is 22.5 Å². The summed E-state index contributed by atoms with van der Waals surface area (Å²) in [6.45, 7) is 1.38. The summed E-state index contributed by atoms with van der Waals surface area (Å²) >= 11 is 5.68. The van der Waals surface area contributed by atoms with Crippen LogP contribution in [0, 0.1) is 10.1 Å². The lowest BCUT2D eigenvalue weighted by atomic mass is 10.1. The highest BCUT2D eigenvalue weighted by Crippen LogP contribution is 2.27. The van der Waals surface area contributed by atoms with Crippen molar-refractivity contribution in [3.63, 3.8) is 0 Å². The van der Waals surface area contributed by atoms with E-state index < -0.39 is 22.4 Å². The zero-order valence-electron chi connectivity index (χ0n) is 12.9. The highest BCUT2D eigenvalue weighted by molar-refractivity contribution is 6.43. The van der Waals surface area contributed by atoms with Crippen molar-refractivity contribution >= 4 is 46.3 Å². The Labute approximate surface area is 146 Å². The maximum atomic E-state index is 11.9. The smallest absolute Gasteiger partial charge is 0.314 e. The van der Waals surface area contributed by atoms with E-state index in [-0.39, 0.29) is 22.2 Å². The van der Waals surface area contributed by atoms with Crippen LogP contribution in [0.5, 0.6) is 0 Å². The summed E-state index contributed by atoms with van der Waals surface area (Å²) in [6.07, 6.45) is 0. The Morgan fingerprint density at radius 1 is 1.00 bits per heavy atom. The van der Waals surface area contributed by atoms with Crippen LogP contribution in [0.15, 0.2) is 42.5 Å². The first-order chi connectivity index (χ1) is 11.8. The Morgan fingerprint density at radius 2 is 1.60 bits per heavy atom. The van der Waals surface area contributed by atoms with Crippen molar-refractivity contribution in [1.29, 1.82) is 0 Å². The molecule has 2 aromatic rings. The summed E-state index contributed by atoms with van der Waals surface area (Å²) in [6, 6.07) is 9.70. The fourth-order valence-electron chi connectivity index (χ4n) is 1.92. The van der Waals surface area contributed by atoms with Gasteiger partial charge in [-0.25, -0.2) is 0 Å². The van der Waals surface area contributed by atoms with Gasteiger partial charge in [-0.2, -0.15) is 0 Å². The van der Waals surface area contributed by atoms with Gasteiger partial charge in [0.15, 0.2) is 5.78 Å². The van der Waals surface area contributed by atoms with E-state index in [9.17, 15) is 24.5 Å². The normalized spacial score (nSPS) is 10.0. The summed E-state index contributed by atoms with van der Waals surface area (Å²) < 4.78 is 0. The molecule has 0 bridgehead atoms. The SMILES string of the molecule is CC(=O)c1cccc(NC(=O)C(=O)Nc2ccc(Cl)c([N+](=O)[O-])c2)c1. The minimum absolute atomic E-state index is 0.0498. The molecule has 0 aliphatic heterocycles. The Morgan fingerprint density at radius 3 is 2.16 bits per heavy atom. The Bertz CT molecular complexity index is 882. The van der Waals surface area contributed by atoms with Crippen LogP contribution < -0.4 is 10.6 Å². The Balaban J connectivity index is 2.09. The minimum Gasteiger partial charge on any atom is -0.318 e. The highest BCUT2D eigenvalue weighted by atomic mass is 35.5. The fraction of sp³-hybridized carbons (Fsp3) is 0.0625. The number of ketones is 1. The molecule has 0 unspecified atom stereocenters. The molecule has 2 rings (SSSR count). The molecule has 0 saturated carbocycles. The molecule has 8 nitrogen and oxygen atoms in total. The minimum atomic E-state index is -1.02. The molecule has 0 heterocycles. The van der Waals surface area contributed by atoms with Crippen LogP contribution in [0.1, 0.15) is 17.3 Å². The number of Topliss-reactive ketones (excluding diaryl/α,β-unsaturated/α-hetero) is 1. The van der Waals surface area contributed by atoms with Gasteiger partial charge in [0, 0.05) is 23.0 Å². The van der Waals surface area contributed by atoms with Crippen molar-refractivity contribution in [3.8, 4) is 0 Å². The lowest BCUT2D eigenvalue weighted by Crippen LogP contribution is -2.29. The van der Waals surface area contributed by atoms with Gasteiger partial charge < -0.3 is 10.6 Å². The summed E-state index contributed by atoms with van der Waals surface area (Å²) in [5.41, 5.74) is 0.309. The molecule has 0 fully saturated rings. The first-order valence-electron chi connectivity index (χ1n) is 6.95. The molecule has 128 valence electrons. The molecular weight excluding hydrogens is 350 g/mol. The largest absolute Gasteiger partial charge is 0.318 e. The van der Waals surface area contributed by atoms with Crippen LogP contribution in [-0.2, 0) is 9.59 Å². The van der Waals surface area contributed by atoms with Crippen molar-refractivity contribution in [2.75, 3.05) is 10.6 Å². The number of carbonyl (C=O) groups excluding carboxylic acids is 3. The van der Waals surface area contributed by atoms with Crippen LogP contribution in [0.2, 0.25) is 5.02 Å². The van der Waals surface area contributed by atoms with Gasteiger partial charge in [0.05, 0.1) is 4.92 Å². The van der Waals surface area contributed by atoms with Crippen LogP contribution in [0.3, 0.4) is 0 Å². The second-order valence-electron chi connectivity index (χ2n) is 4.97. The monoisotopic (exact) mass is 361 g/mol. The zero-order chi connectivity index (χ0) is 18.6. The third-order valence-electron chi connectivity index (χ3n) is 3.13. The van der Waals surface area contributed by atoms with Gasteiger partial charge in [-0.15, -0.1) is 0 Å². The Hall–Kier alpha value is -3.26. The standard InChI is InChI=1S/C16H12ClN3O5/c1-9(21)10-3-2-4-11(7-10)18-15(22)16(23)19-12-5-6-13(17)14(8-12)20(24)25/h2-8H,1H3,(H,18,22)(H,19,23). The molecule has 0 atom stereocenters. The summed E-state index contributed by atoms with van der Waals surface area (Å²) in [5.74, 6) is -2.20. The van der Waals surface area contributed by atoms with Crippen LogP contribution in [0.25, 0.3) is 0 Å². The van der Waals surface area contributed by atoms with Gasteiger partial charge in [-0.1, -0.05) is 23.7 Å². The first-order valence-corrected chi connectivity index (χ1v) is 7.33. The van der Waals surface area contributed by atoms with Gasteiger partial charge in [0.2, 0.25) is 0 Å². The molecule has 0 aromatic heterocycles. The number of nitro groups is 1. The second-order valence-corrected chi connectivity index (χ2v) is 5.38. The molecule has 0 aliphatic rings. The number of benzene rings is 2. The van der Waals surface area contributed by atoms with Crippen molar-refractivity contribution in [1.82, 2.24) is 0 Å². The summed E-state index contributed by atoms with van der Waals surface area (Å²) in [4.78, 5) is 45.3. The molecule has 0 radical (unpaired) electrons. The van der Waals surface area contributed by atoms with E-state index in [0.29, 0.717) is 5.56 Å². The zero-order valence-corrected chi connectivity index (χ0v) is 13.7. The predicted octanol–water partition coefficient (Wildman–Crippen LogP) is 3.03. The van der Waals surface area contributed by atoms with Crippen molar-refractivity contribution in [3.05, 3.63) is 63.2 Å². The van der Waals surface area contributed by atoms with E-state index in [1.54, 1.807) is 12.1 Å². The number of amides is 2. The second kappa shape index (κ2) is 7.54. The highest BCUT2D eigenvalue weighted by Gasteiger charge is 2.18. The fourth-order valence-corrected chi connectivity index (χ4v) is 2.11. The molecule has 0 saturated heterocycles. The third-order valence-corrected chi connectivity index (χ3v) is 3.45. The summed E-state index contributed by atoms with van der Waals surface area (Å²) in [7, 11) is 0. The maximum Gasteiger partial charge on any atom is 0.314 e. The van der Waals surface area contributed by atoms with Crippen molar-refractivity contribution in [2.45, 2.75) is 6.92 Å². The molecule has 0 spiro atoms. The number of anilines is 2. The maximum absolute atomic E-state index is 11.9. The van der Waals surface area contributed by atoms with E-state index in [1.165, 1.54) is 31.2 Å². The van der Waals surface area contributed by atoms with Gasteiger partial charge in [0.1, 0.15) is 5.02 Å². The van der Waals surface area contributed by atoms with Gasteiger partial charge in [0.25, 0.3) is 5.69 Å². The average molecular weight is 362 g/mol. The third kappa shape index (κ3) is 4.61. The number of rotatable bonds is 4. The Kier molecular flexibility index (Phi) is 5.45. The van der Waals surface area contributed by atoms with E-state index in [1.807, 2.05) is 0 Å². The molecule has 9 heteroatoms. The van der Waals surface area contributed by atoms with Crippen molar-refractivity contribution in [2.24, 2.45) is 0 Å². The average Bonchev–Trinajstić information content (AvgIpc) is 2.56. The molecule has 2 aromatic carbocycles. The van der Waals surface area contributed by atoms with E-state index in [0.717, 1.165) is 6.07 Å². The van der Waals surface area contributed by atoms with Gasteiger partial charge in [-0.3, -0.25) is 24.5 Å². The lowest BCUT2D eigenvalue weighted by Gasteiger charge is -2.07. The van der Waals surface area contributed by atoms with Crippen LogP contribution >= 0.6 is 11.6 Å². The summed E-state index contributed by atoms with van der Waals surface area (Å²) in [5, 5.41) is 15.3. The number of nitro benzene ring substituents is 1. The number of nitrogens with zero attached hydrogens (tertiary/aromatic N) is 1. The van der Waals surface area contributed by atoms with Crippen molar-refractivity contribution < 1.29 is 19.3 Å². The number of carbonyl (C=O) groups is 3. The van der Waals surface area contributed by atoms with Crippen LogP contribution in [0.4, 0.5) is 17.1 Å².